The van der Waals surface area contributed by atoms with Crippen LogP contribution >= 0.6 is 0 Å². The minimum atomic E-state index is -0.825. The highest BCUT2D eigenvalue weighted by atomic mass is 16.5. The molecule has 10 nitrogen and oxygen atoms in total. The van der Waals surface area contributed by atoms with Crippen LogP contribution in [0.15, 0.2) is 54.7 Å². The summed E-state index contributed by atoms with van der Waals surface area (Å²) in [6.45, 7) is 0.625. The fourth-order valence-corrected chi connectivity index (χ4v) is 4.53. The first kappa shape index (κ1) is 22.6. The molecule has 3 N–H and O–H groups in total. The van der Waals surface area contributed by atoms with Crippen LogP contribution in [-0.2, 0) is 27.4 Å². The highest BCUT2D eigenvalue weighted by Crippen LogP contribution is 2.44. The number of nitrogens with one attached hydrogen (secondary N) is 2. The maximum absolute atomic E-state index is 12.3. The topological polar surface area (TPSA) is 135 Å². The third-order valence-electron chi connectivity index (χ3n) is 6.45. The fourth-order valence-electron chi connectivity index (χ4n) is 4.53. The number of fused-ring (bicyclic) bond motifs is 3. The molecule has 1 fully saturated rings. The maximum atomic E-state index is 12.3. The van der Waals surface area contributed by atoms with Gasteiger partial charge in [-0.15, -0.1) is 5.10 Å². The van der Waals surface area contributed by atoms with Crippen molar-refractivity contribution in [3.05, 3.63) is 71.5 Å². The van der Waals surface area contributed by atoms with Gasteiger partial charge in [-0.05, 0) is 34.6 Å². The fraction of sp³-hybridized carbons (Fsp3) is 0.320. The number of carbonyl (C=O) groups is 3. The number of aromatic nitrogens is 3. The zero-order valence-electron chi connectivity index (χ0n) is 18.9. The van der Waals surface area contributed by atoms with Crippen molar-refractivity contribution >= 4 is 18.0 Å². The summed E-state index contributed by atoms with van der Waals surface area (Å²) in [5, 5.41) is 22.2. The Labute approximate surface area is 201 Å². The Morgan fingerprint density at radius 3 is 2.37 bits per heavy atom. The first-order valence-electron chi connectivity index (χ1n) is 11.5. The minimum absolute atomic E-state index is 0.0100. The third kappa shape index (κ3) is 5.01. The molecule has 2 aliphatic rings. The van der Waals surface area contributed by atoms with Crippen molar-refractivity contribution in [1.29, 1.82) is 0 Å². The standard InChI is InChI=1S/C25H25N5O5/c31-23(26-10-15-9-21(15)24(32)33)13-30-12-16(28-29-30)11-27-25(34)35-14-22-19-7-3-1-5-17(19)18-6-2-4-8-20(18)22/h1-8,12,15,21-22H,9-11,13-14H2,(H,26,31)(H,27,34)(H,32,33)/t15-,21-/m0/s1. The highest BCUT2D eigenvalue weighted by molar-refractivity contribution is 5.79. The van der Waals surface area contributed by atoms with E-state index >= 15 is 0 Å². The summed E-state index contributed by atoms with van der Waals surface area (Å²) in [5.41, 5.74) is 5.10. The van der Waals surface area contributed by atoms with E-state index in [1.54, 1.807) is 6.20 Å². The quantitative estimate of drug-likeness (QED) is 0.431. The van der Waals surface area contributed by atoms with Gasteiger partial charge in [0.05, 0.1) is 18.7 Å². The molecule has 1 aromatic heterocycles. The second kappa shape index (κ2) is 9.57. The van der Waals surface area contributed by atoms with Crippen molar-refractivity contribution in [1.82, 2.24) is 25.6 Å². The molecule has 1 saturated carbocycles. The lowest BCUT2D eigenvalue weighted by Gasteiger charge is -2.14. The predicted octanol–water partition coefficient (Wildman–Crippen LogP) is 2.15. The zero-order valence-corrected chi connectivity index (χ0v) is 18.9. The van der Waals surface area contributed by atoms with Gasteiger partial charge >= 0.3 is 12.1 Å². The average molecular weight is 476 g/mol. The Morgan fingerprint density at radius 2 is 1.71 bits per heavy atom. The molecule has 180 valence electrons. The van der Waals surface area contributed by atoms with Crippen molar-refractivity contribution in [3.8, 4) is 11.1 Å². The lowest BCUT2D eigenvalue weighted by atomic mass is 9.98. The Balaban J connectivity index is 1.07. The maximum Gasteiger partial charge on any atom is 0.407 e. The molecule has 3 aromatic rings. The molecule has 2 aliphatic carbocycles. The van der Waals surface area contributed by atoms with Gasteiger partial charge in [0.1, 0.15) is 18.8 Å². The van der Waals surface area contributed by atoms with Crippen molar-refractivity contribution in [2.45, 2.75) is 25.4 Å². The Kier molecular flexibility index (Phi) is 6.17. The SMILES string of the molecule is O=C(Cn1cc(CNC(=O)OCC2c3ccccc3-c3ccccc32)nn1)NC[C@@H]1C[C@@H]1C(=O)O. The van der Waals surface area contributed by atoms with Crippen molar-refractivity contribution in [2.24, 2.45) is 11.8 Å². The molecular weight excluding hydrogens is 450 g/mol. The summed E-state index contributed by atoms with van der Waals surface area (Å²) < 4.78 is 6.87. The smallest absolute Gasteiger partial charge is 0.407 e. The second-order valence-electron chi connectivity index (χ2n) is 8.83. The predicted molar refractivity (Wildman–Crippen MR) is 124 cm³/mol. The van der Waals surface area contributed by atoms with Gasteiger partial charge < -0.3 is 20.5 Å². The first-order chi connectivity index (χ1) is 17.0. The van der Waals surface area contributed by atoms with Crippen LogP contribution in [0.3, 0.4) is 0 Å². The van der Waals surface area contributed by atoms with E-state index in [1.807, 2.05) is 24.3 Å². The number of carbonyl (C=O) groups excluding carboxylic acids is 2. The molecule has 2 amide bonds. The van der Waals surface area contributed by atoms with E-state index < -0.39 is 12.1 Å². The van der Waals surface area contributed by atoms with Crippen LogP contribution in [-0.4, -0.2) is 51.2 Å². The number of alkyl carbamates (subject to hydrolysis) is 1. The van der Waals surface area contributed by atoms with Gasteiger partial charge in [0.15, 0.2) is 0 Å². The Bertz CT molecular complexity index is 1230. The molecule has 0 spiro atoms. The summed E-state index contributed by atoms with van der Waals surface area (Å²) >= 11 is 0. The van der Waals surface area contributed by atoms with E-state index in [4.69, 9.17) is 9.84 Å². The van der Waals surface area contributed by atoms with Gasteiger partial charge in [0, 0.05) is 12.5 Å². The number of hydrogen-bond donors (Lipinski definition) is 3. The van der Waals surface area contributed by atoms with Gasteiger partial charge in [-0.1, -0.05) is 53.7 Å². The summed E-state index contributed by atoms with van der Waals surface area (Å²) in [5.74, 6) is -1.49. The molecule has 35 heavy (non-hydrogen) atoms. The van der Waals surface area contributed by atoms with E-state index in [9.17, 15) is 14.4 Å². The van der Waals surface area contributed by atoms with Gasteiger partial charge in [-0.2, -0.15) is 0 Å². The normalized spacial score (nSPS) is 17.8. The number of rotatable bonds is 9. The van der Waals surface area contributed by atoms with Gasteiger partial charge in [0.25, 0.3) is 0 Å². The van der Waals surface area contributed by atoms with E-state index in [2.05, 4.69) is 45.2 Å². The Morgan fingerprint density at radius 1 is 1.03 bits per heavy atom. The number of amides is 2. The number of carboxylic acid groups (broad SMARTS) is 1. The number of benzene rings is 2. The largest absolute Gasteiger partial charge is 0.481 e. The molecule has 0 bridgehead atoms. The lowest BCUT2D eigenvalue weighted by Crippen LogP contribution is -2.30. The van der Waals surface area contributed by atoms with E-state index in [0.29, 0.717) is 18.7 Å². The van der Waals surface area contributed by atoms with E-state index in [0.717, 1.165) is 22.3 Å². The number of carboxylic acids is 1. The molecule has 2 aromatic carbocycles. The average Bonchev–Trinajstić information content (AvgIpc) is 3.41. The van der Waals surface area contributed by atoms with E-state index in [-0.39, 0.29) is 43.4 Å². The summed E-state index contributed by atoms with van der Waals surface area (Å²) in [6, 6.07) is 16.3. The van der Waals surface area contributed by atoms with Crippen LogP contribution in [0.2, 0.25) is 0 Å². The number of aliphatic carboxylic acids is 1. The van der Waals surface area contributed by atoms with Gasteiger partial charge in [-0.25, -0.2) is 9.48 Å². The second-order valence-corrected chi connectivity index (χ2v) is 8.83. The molecule has 0 radical (unpaired) electrons. The molecule has 2 atom stereocenters. The van der Waals surface area contributed by atoms with Crippen LogP contribution in [0.5, 0.6) is 0 Å². The van der Waals surface area contributed by atoms with Gasteiger partial charge in [0.2, 0.25) is 5.91 Å². The van der Waals surface area contributed by atoms with Gasteiger partial charge in [-0.3, -0.25) is 9.59 Å². The van der Waals surface area contributed by atoms with Crippen LogP contribution in [0.4, 0.5) is 4.79 Å². The molecule has 0 saturated heterocycles. The third-order valence-corrected chi connectivity index (χ3v) is 6.45. The van der Waals surface area contributed by atoms with Crippen LogP contribution in [0.25, 0.3) is 11.1 Å². The summed E-state index contributed by atoms with van der Waals surface area (Å²) in [4.78, 5) is 35.2. The van der Waals surface area contributed by atoms with Crippen LogP contribution in [0, 0.1) is 11.8 Å². The summed E-state index contributed by atoms with van der Waals surface area (Å²) in [7, 11) is 0. The molecule has 1 heterocycles. The number of nitrogens with zero attached hydrogens (tertiary/aromatic N) is 3. The monoisotopic (exact) mass is 475 g/mol. The van der Waals surface area contributed by atoms with E-state index in [1.165, 1.54) is 4.68 Å². The lowest BCUT2D eigenvalue weighted by molar-refractivity contribution is -0.139. The molecule has 10 heteroatoms. The minimum Gasteiger partial charge on any atom is -0.481 e. The molecule has 5 rings (SSSR count). The Hall–Kier alpha value is -4.21. The van der Waals surface area contributed by atoms with Crippen molar-refractivity contribution in [3.63, 3.8) is 0 Å². The number of ether oxygens (including phenoxy) is 1. The van der Waals surface area contributed by atoms with Crippen molar-refractivity contribution in [2.75, 3.05) is 13.2 Å². The number of hydrogen-bond acceptors (Lipinski definition) is 6. The summed E-state index contributed by atoms with van der Waals surface area (Å²) in [6.07, 6.45) is 1.60. The zero-order chi connectivity index (χ0) is 24.4. The molecule has 0 aliphatic heterocycles. The van der Waals surface area contributed by atoms with Crippen LogP contribution < -0.4 is 10.6 Å². The highest BCUT2D eigenvalue weighted by Gasteiger charge is 2.43. The van der Waals surface area contributed by atoms with Crippen LogP contribution in [0.1, 0.15) is 29.2 Å². The molecule has 0 unspecified atom stereocenters. The van der Waals surface area contributed by atoms with Crippen molar-refractivity contribution < 1.29 is 24.2 Å². The molecular formula is C25H25N5O5. The first-order valence-corrected chi connectivity index (χ1v) is 11.5.